The van der Waals surface area contributed by atoms with Crippen LogP contribution in [0.3, 0.4) is 0 Å². The first-order valence-electron chi connectivity index (χ1n) is 7.02. The van der Waals surface area contributed by atoms with Crippen LogP contribution in [0.2, 0.25) is 0 Å². The molecule has 108 valence electrons. The lowest BCUT2D eigenvalue weighted by molar-refractivity contribution is 0.371. The summed E-state index contributed by atoms with van der Waals surface area (Å²) in [6.45, 7) is 10.3. The molecule has 19 heavy (non-hydrogen) atoms. The van der Waals surface area contributed by atoms with Crippen molar-refractivity contribution in [2.24, 2.45) is 5.41 Å². The summed E-state index contributed by atoms with van der Waals surface area (Å²) >= 11 is 0. The largest absolute Gasteiger partial charge is 0.374 e. The monoisotopic (exact) mass is 282 g/mol. The summed E-state index contributed by atoms with van der Waals surface area (Å²) in [4.78, 5) is 2.40. The molecule has 1 heterocycles. The van der Waals surface area contributed by atoms with Crippen molar-refractivity contribution >= 4 is 18.1 Å². The Hall–Kier alpha value is -0.730. The highest BCUT2D eigenvalue weighted by atomic mass is 35.5. The normalized spacial score (nSPS) is 22.4. The predicted octanol–water partition coefficient (Wildman–Crippen LogP) is 3.67. The second kappa shape index (κ2) is 6.62. The summed E-state index contributed by atoms with van der Waals surface area (Å²) < 4.78 is 0. The van der Waals surface area contributed by atoms with Crippen molar-refractivity contribution in [2.45, 2.75) is 33.1 Å². The van der Waals surface area contributed by atoms with Gasteiger partial charge in [0, 0.05) is 25.8 Å². The second-order valence-corrected chi connectivity index (χ2v) is 6.34. The third kappa shape index (κ3) is 4.12. The minimum atomic E-state index is 0. The molecule has 2 nitrogen and oxygen atoms in total. The molecule has 1 atom stereocenters. The highest BCUT2D eigenvalue weighted by Gasteiger charge is 2.29. The fraction of sp³-hybridized carbons (Fsp3) is 0.625. The number of halogens is 1. The average molecular weight is 283 g/mol. The molecule has 1 aromatic carbocycles. The predicted molar refractivity (Wildman–Crippen MR) is 86.6 cm³/mol. The molecule has 0 aromatic heterocycles. The lowest BCUT2D eigenvalue weighted by Crippen LogP contribution is -2.35. The van der Waals surface area contributed by atoms with Gasteiger partial charge >= 0.3 is 0 Å². The van der Waals surface area contributed by atoms with Gasteiger partial charge in [-0.25, -0.2) is 0 Å². The molecule has 1 fully saturated rings. The topological polar surface area (TPSA) is 15.3 Å². The van der Waals surface area contributed by atoms with Crippen molar-refractivity contribution in [1.29, 1.82) is 0 Å². The molecule has 0 radical (unpaired) electrons. The molecular formula is C16H27ClN2. The van der Waals surface area contributed by atoms with E-state index in [9.17, 15) is 0 Å². The summed E-state index contributed by atoms with van der Waals surface area (Å²) in [5.74, 6) is 0.599. The number of rotatable bonds is 4. The highest BCUT2D eigenvalue weighted by Crippen LogP contribution is 2.28. The highest BCUT2D eigenvalue weighted by molar-refractivity contribution is 5.85. The smallest absolute Gasteiger partial charge is 0.0366 e. The van der Waals surface area contributed by atoms with Gasteiger partial charge in [0.25, 0.3) is 0 Å². The van der Waals surface area contributed by atoms with E-state index >= 15 is 0 Å². The van der Waals surface area contributed by atoms with Crippen LogP contribution in [0.4, 0.5) is 5.69 Å². The zero-order chi connectivity index (χ0) is 13.2. The zero-order valence-corrected chi connectivity index (χ0v) is 13.4. The number of nitrogens with zero attached hydrogens (tertiary/aromatic N) is 1. The lowest BCUT2D eigenvalue weighted by atomic mass is 9.89. The van der Waals surface area contributed by atoms with Gasteiger partial charge in [-0.15, -0.1) is 12.4 Å². The van der Waals surface area contributed by atoms with Crippen molar-refractivity contribution in [3.8, 4) is 0 Å². The maximum absolute atomic E-state index is 3.47. The van der Waals surface area contributed by atoms with E-state index in [1.807, 2.05) is 0 Å². The van der Waals surface area contributed by atoms with Crippen LogP contribution in [0.15, 0.2) is 24.3 Å². The lowest BCUT2D eigenvalue weighted by Gasteiger charge is -2.31. The van der Waals surface area contributed by atoms with Crippen molar-refractivity contribution in [3.63, 3.8) is 0 Å². The van der Waals surface area contributed by atoms with E-state index in [1.54, 1.807) is 0 Å². The minimum absolute atomic E-state index is 0. The van der Waals surface area contributed by atoms with Gasteiger partial charge in [-0.2, -0.15) is 0 Å². The quantitative estimate of drug-likeness (QED) is 0.906. The molecule has 0 aliphatic carbocycles. The van der Waals surface area contributed by atoms with E-state index < -0.39 is 0 Å². The molecular weight excluding hydrogens is 256 g/mol. The van der Waals surface area contributed by atoms with E-state index in [-0.39, 0.29) is 12.4 Å². The Morgan fingerprint density at radius 2 is 2.11 bits per heavy atom. The summed E-state index contributed by atoms with van der Waals surface area (Å²) in [7, 11) is 2.21. The standard InChI is InChI=1S/C16H26N2.ClH/c1-13(2)14-6-5-7-15(10-14)18(4)12-16(3)8-9-17-11-16;/h5-7,10,13,17H,8-9,11-12H2,1-4H3;1H. The van der Waals surface area contributed by atoms with Gasteiger partial charge in [-0.1, -0.05) is 32.9 Å². The minimum Gasteiger partial charge on any atom is -0.374 e. The van der Waals surface area contributed by atoms with Gasteiger partial charge in [-0.05, 0) is 42.0 Å². The van der Waals surface area contributed by atoms with Crippen molar-refractivity contribution < 1.29 is 0 Å². The van der Waals surface area contributed by atoms with Crippen LogP contribution < -0.4 is 10.2 Å². The Bertz CT molecular complexity index is 397. The Kier molecular flexibility index (Phi) is 5.69. The van der Waals surface area contributed by atoms with Crippen LogP contribution in [-0.4, -0.2) is 26.7 Å². The maximum Gasteiger partial charge on any atom is 0.0366 e. The van der Waals surface area contributed by atoms with Gasteiger partial charge in [0.2, 0.25) is 0 Å². The Morgan fingerprint density at radius 1 is 1.37 bits per heavy atom. The molecule has 0 bridgehead atoms. The molecule has 1 N–H and O–H groups in total. The molecule has 0 amide bonds. The van der Waals surface area contributed by atoms with E-state index in [1.165, 1.54) is 17.7 Å². The second-order valence-electron chi connectivity index (χ2n) is 6.34. The van der Waals surface area contributed by atoms with Gasteiger partial charge < -0.3 is 10.2 Å². The van der Waals surface area contributed by atoms with E-state index in [2.05, 4.69) is 62.3 Å². The first-order chi connectivity index (χ1) is 8.50. The van der Waals surface area contributed by atoms with Gasteiger partial charge in [0.15, 0.2) is 0 Å². The molecule has 2 rings (SSSR count). The SMILES string of the molecule is CC(C)c1cccc(N(C)CC2(C)CCNC2)c1.Cl. The molecule has 1 saturated heterocycles. The number of hydrogen-bond donors (Lipinski definition) is 1. The Balaban J connectivity index is 0.00000180. The van der Waals surface area contributed by atoms with Crippen molar-refractivity contribution in [3.05, 3.63) is 29.8 Å². The molecule has 1 aliphatic rings. The maximum atomic E-state index is 3.47. The van der Waals surface area contributed by atoms with Crippen LogP contribution >= 0.6 is 12.4 Å². The molecule has 3 heteroatoms. The van der Waals surface area contributed by atoms with Crippen LogP contribution in [0.5, 0.6) is 0 Å². The number of hydrogen-bond acceptors (Lipinski definition) is 2. The van der Waals surface area contributed by atoms with Crippen LogP contribution in [0.25, 0.3) is 0 Å². The fourth-order valence-electron chi connectivity index (χ4n) is 2.79. The Morgan fingerprint density at radius 3 is 2.68 bits per heavy atom. The molecule has 1 unspecified atom stereocenters. The molecule has 0 saturated carbocycles. The number of nitrogens with one attached hydrogen (secondary N) is 1. The molecule has 1 aromatic rings. The summed E-state index contributed by atoms with van der Waals surface area (Å²) in [5.41, 5.74) is 3.19. The van der Waals surface area contributed by atoms with Gasteiger partial charge in [-0.3, -0.25) is 0 Å². The van der Waals surface area contributed by atoms with E-state index in [0.717, 1.165) is 19.6 Å². The van der Waals surface area contributed by atoms with Crippen LogP contribution in [-0.2, 0) is 0 Å². The van der Waals surface area contributed by atoms with E-state index in [4.69, 9.17) is 0 Å². The third-order valence-electron chi connectivity index (χ3n) is 4.05. The number of anilines is 1. The van der Waals surface area contributed by atoms with E-state index in [0.29, 0.717) is 11.3 Å². The van der Waals surface area contributed by atoms with Gasteiger partial charge in [0.05, 0.1) is 0 Å². The Labute approximate surface area is 124 Å². The fourth-order valence-corrected chi connectivity index (χ4v) is 2.79. The molecule has 1 aliphatic heterocycles. The molecule has 0 spiro atoms. The average Bonchev–Trinajstić information content (AvgIpc) is 2.76. The number of benzene rings is 1. The first-order valence-corrected chi connectivity index (χ1v) is 7.02. The summed E-state index contributed by atoms with van der Waals surface area (Å²) in [6.07, 6.45) is 1.28. The summed E-state index contributed by atoms with van der Waals surface area (Å²) in [5, 5.41) is 3.47. The van der Waals surface area contributed by atoms with Crippen molar-refractivity contribution in [1.82, 2.24) is 5.32 Å². The zero-order valence-electron chi connectivity index (χ0n) is 12.6. The van der Waals surface area contributed by atoms with Crippen LogP contribution in [0.1, 0.15) is 38.7 Å². The first kappa shape index (κ1) is 16.3. The third-order valence-corrected chi connectivity index (χ3v) is 4.05. The van der Waals surface area contributed by atoms with Gasteiger partial charge in [0.1, 0.15) is 0 Å². The van der Waals surface area contributed by atoms with Crippen LogP contribution in [0, 0.1) is 5.41 Å². The summed E-state index contributed by atoms with van der Waals surface area (Å²) in [6, 6.07) is 8.95. The van der Waals surface area contributed by atoms with Crippen molar-refractivity contribution in [2.75, 3.05) is 31.6 Å².